The molecule has 1 N–H and O–H groups in total. The van der Waals surface area contributed by atoms with E-state index in [1.54, 1.807) is 0 Å². The molecular formula is C16H26NO4+. The number of hydrogen-bond donors (Lipinski definition) is 1. The Hall–Kier alpha value is -1.10. The van der Waals surface area contributed by atoms with Gasteiger partial charge in [-0.15, -0.1) is 0 Å². The average Bonchev–Trinajstić information content (AvgIpc) is 3.09. The molecule has 1 spiro atoms. The number of quaternary nitrogens is 1. The van der Waals surface area contributed by atoms with Gasteiger partial charge in [-0.1, -0.05) is 6.42 Å². The van der Waals surface area contributed by atoms with Crippen LogP contribution in [0, 0.1) is 11.8 Å². The van der Waals surface area contributed by atoms with Gasteiger partial charge in [-0.05, 0) is 12.8 Å². The summed E-state index contributed by atoms with van der Waals surface area (Å²) in [6.07, 6.45) is 7.76. The second kappa shape index (κ2) is 5.59. The van der Waals surface area contributed by atoms with Gasteiger partial charge in [0.05, 0.1) is 20.8 Å². The topological polar surface area (TPSA) is 57.0 Å². The van der Waals surface area contributed by atoms with E-state index in [4.69, 9.17) is 9.47 Å². The van der Waals surface area contributed by atoms with Crippen molar-refractivity contribution < 1.29 is 24.0 Å². The van der Waals surface area contributed by atoms with E-state index in [-0.39, 0.29) is 35.4 Å². The first kappa shape index (κ1) is 14.8. The number of rotatable bonds is 2. The van der Waals surface area contributed by atoms with Crippen LogP contribution in [0.1, 0.15) is 44.9 Å². The quantitative estimate of drug-likeness (QED) is 0.746. The highest BCUT2D eigenvalue weighted by atomic mass is 16.5. The summed E-state index contributed by atoms with van der Waals surface area (Å²) in [4.78, 5) is 26.4. The van der Waals surface area contributed by atoms with Gasteiger partial charge in [0.2, 0.25) is 0 Å². The van der Waals surface area contributed by atoms with Crippen LogP contribution in [-0.4, -0.2) is 44.3 Å². The van der Waals surface area contributed by atoms with Crippen LogP contribution in [0.25, 0.3) is 0 Å². The van der Waals surface area contributed by atoms with E-state index in [2.05, 4.69) is 0 Å². The predicted molar refractivity (Wildman–Crippen MR) is 75.7 cm³/mol. The van der Waals surface area contributed by atoms with Gasteiger partial charge in [-0.25, -0.2) is 0 Å². The zero-order chi connectivity index (χ0) is 15.0. The lowest BCUT2D eigenvalue weighted by atomic mass is 9.70. The molecule has 0 amide bonds. The second-order valence-corrected chi connectivity index (χ2v) is 6.79. The van der Waals surface area contributed by atoms with E-state index in [0.29, 0.717) is 0 Å². The Labute approximate surface area is 126 Å². The SMILES string of the molecule is COC(=O)[C@H]1[C@@H](C(=O)OC)C2(CCCCC2)[NH+]2CCC[C@@H]12. The molecule has 2 saturated heterocycles. The molecule has 1 aliphatic carbocycles. The lowest BCUT2D eigenvalue weighted by Crippen LogP contribution is -3.20. The van der Waals surface area contributed by atoms with Gasteiger partial charge < -0.3 is 14.4 Å². The van der Waals surface area contributed by atoms with E-state index in [0.717, 1.165) is 45.1 Å². The Morgan fingerprint density at radius 3 is 2.29 bits per heavy atom. The molecule has 118 valence electrons. The first-order chi connectivity index (χ1) is 10.2. The summed E-state index contributed by atoms with van der Waals surface area (Å²) >= 11 is 0. The van der Waals surface area contributed by atoms with Crippen LogP contribution in [0.3, 0.4) is 0 Å². The molecule has 1 saturated carbocycles. The van der Waals surface area contributed by atoms with Gasteiger partial charge in [0, 0.05) is 25.7 Å². The van der Waals surface area contributed by atoms with Crippen molar-refractivity contribution in [2.24, 2.45) is 11.8 Å². The number of ether oxygens (including phenoxy) is 2. The Bertz CT molecular complexity index is 430. The minimum absolute atomic E-state index is 0.0919. The molecule has 0 bridgehead atoms. The zero-order valence-corrected chi connectivity index (χ0v) is 13.0. The fourth-order valence-corrected chi connectivity index (χ4v) is 5.41. The number of carbonyl (C=O) groups excluding carboxylic acids is 2. The van der Waals surface area contributed by atoms with Gasteiger partial charge in [0.25, 0.3) is 0 Å². The van der Waals surface area contributed by atoms with Crippen LogP contribution in [0.5, 0.6) is 0 Å². The molecule has 21 heavy (non-hydrogen) atoms. The molecule has 3 aliphatic rings. The minimum Gasteiger partial charge on any atom is -0.469 e. The molecule has 2 aliphatic heterocycles. The number of hydrogen-bond acceptors (Lipinski definition) is 4. The Morgan fingerprint density at radius 2 is 1.67 bits per heavy atom. The summed E-state index contributed by atoms with van der Waals surface area (Å²) in [5.41, 5.74) is -0.0919. The summed E-state index contributed by atoms with van der Waals surface area (Å²) in [6.45, 7) is 1.08. The molecule has 0 radical (unpaired) electrons. The summed E-state index contributed by atoms with van der Waals surface area (Å²) in [6, 6.07) is 0.236. The largest absolute Gasteiger partial charge is 0.469 e. The maximum atomic E-state index is 12.5. The first-order valence-corrected chi connectivity index (χ1v) is 8.17. The second-order valence-electron chi connectivity index (χ2n) is 6.79. The predicted octanol–water partition coefficient (Wildman–Crippen LogP) is 0.329. The summed E-state index contributed by atoms with van der Waals surface area (Å²) in [5, 5.41) is 0. The molecule has 3 fully saturated rings. The third-order valence-electron chi connectivity index (χ3n) is 6.11. The van der Waals surface area contributed by atoms with E-state index >= 15 is 0 Å². The van der Waals surface area contributed by atoms with Crippen LogP contribution in [-0.2, 0) is 19.1 Å². The van der Waals surface area contributed by atoms with Crippen molar-refractivity contribution in [1.29, 1.82) is 0 Å². The normalized spacial score (nSPS) is 37.2. The third kappa shape index (κ3) is 2.08. The molecule has 3 rings (SSSR count). The Kier molecular flexibility index (Phi) is 3.95. The van der Waals surface area contributed by atoms with Crippen molar-refractivity contribution in [2.75, 3.05) is 20.8 Å². The van der Waals surface area contributed by atoms with Crippen LogP contribution in [0.2, 0.25) is 0 Å². The molecule has 5 heteroatoms. The molecule has 0 aromatic heterocycles. The third-order valence-corrected chi connectivity index (χ3v) is 6.11. The van der Waals surface area contributed by atoms with Crippen LogP contribution in [0.15, 0.2) is 0 Å². The van der Waals surface area contributed by atoms with Crippen molar-refractivity contribution >= 4 is 11.9 Å². The number of methoxy groups -OCH3 is 2. The highest BCUT2D eigenvalue weighted by Crippen LogP contribution is 2.44. The number of carbonyl (C=O) groups is 2. The molecule has 5 nitrogen and oxygen atoms in total. The summed E-state index contributed by atoms with van der Waals surface area (Å²) in [5.74, 6) is -1.08. The van der Waals surface area contributed by atoms with Gasteiger partial charge in [-0.3, -0.25) is 9.59 Å². The smallest absolute Gasteiger partial charge is 0.316 e. The fourth-order valence-electron chi connectivity index (χ4n) is 5.41. The number of fused-ring (bicyclic) bond motifs is 2. The van der Waals surface area contributed by atoms with Crippen molar-refractivity contribution in [3.63, 3.8) is 0 Å². The average molecular weight is 296 g/mol. The van der Waals surface area contributed by atoms with Crippen molar-refractivity contribution in [3.8, 4) is 0 Å². The Morgan fingerprint density at radius 1 is 1.00 bits per heavy atom. The maximum absolute atomic E-state index is 12.5. The van der Waals surface area contributed by atoms with Gasteiger partial charge in [0.15, 0.2) is 0 Å². The van der Waals surface area contributed by atoms with Crippen LogP contribution < -0.4 is 4.90 Å². The fraction of sp³-hybridized carbons (Fsp3) is 0.875. The lowest BCUT2D eigenvalue weighted by Gasteiger charge is -2.40. The molecule has 0 aromatic carbocycles. The van der Waals surface area contributed by atoms with E-state index in [9.17, 15) is 9.59 Å². The molecule has 4 atom stereocenters. The van der Waals surface area contributed by atoms with E-state index < -0.39 is 0 Å². The molecule has 2 heterocycles. The zero-order valence-electron chi connectivity index (χ0n) is 13.0. The van der Waals surface area contributed by atoms with Crippen LogP contribution >= 0.6 is 0 Å². The van der Waals surface area contributed by atoms with Crippen LogP contribution in [0.4, 0.5) is 0 Å². The van der Waals surface area contributed by atoms with Gasteiger partial charge >= 0.3 is 11.9 Å². The first-order valence-electron chi connectivity index (χ1n) is 8.17. The molecular weight excluding hydrogens is 270 g/mol. The maximum Gasteiger partial charge on any atom is 0.316 e. The van der Waals surface area contributed by atoms with Crippen molar-refractivity contribution in [1.82, 2.24) is 0 Å². The summed E-state index contributed by atoms with van der Waals surface area (Å²) in [7, 11) is 2.86. The van der Waals surface area contributed by atoms with E-state index in [1.165, 1.54) is 25.5 Å². The minimum atomic E-state index is -0.324. The monoisotopic (exact) mass is 296 g/mol. The molecule has 1 unspecified atom stereocenters. The number of esters is 2. The van der Waals surface area contributed by atoms with E-state index in [1.807, 2.05) is 0 Å². The van der Waals surface area contributed by atoms with Crippen molar-refractivity contribution in [2.45, 2.75) is 56.5 Å². The summed E-state index contributed by atoms with van der Waals surface area (Å²) < 4.78 is 10.1. The molecule has 0 aromatic rings. The van der Waals surface area contributed by atoms with Gasteiger partial charge in [0.1, 0.15) is 23.4 Å². The number of nitrogens with one attached hydrogen (secondary N) is 1. The lowest BCUT2D eigenvalue weighted by molar-refractivity contribution is -0.954. The highest BCUT2D eigenvalue weighted by molar-refractivity contribution is 5.84. The Balaban J connectivity index is 2.03. The van der Waals surface area contributed by atoms with Gasteiger partial charge in [-0.2, -0.15) is 0 Å². The standard InChI is InChI=1S/C16H25NO4/c1-20-14(18)12-11-7-6-10-17(11)16(8-4-3-5-9-16)13(12)15(19)21-2/h11-13H,3-10H2,1-2H3/p+1/t11-,12+,13-/m0/s1. The van der Waals surface area contributed by atoms with Crippen molar-refractivity contribution in [3.05, 3.63) is 0 Å². The highest BCUT2D eigenvalue weighted by Gasteiger charge is 2.68.